The van der Waals surface area contributed by atoms with Crippen LogP contribution in [0.25, 0.3) is 0 Å². The van der Waals surface area contributed by atoms with Gasteiger partial charge in [0.05, 0.1) is 17.7 Å². The summed E-state index contributed by atoms with van der Waals surface area (Å²) in [7, 11) is -5.72. The van der Waals surface area contributed by atoms with E-state index in [2.05, 4.69) is 15.9 Å². The van der Waals surface area contributed by atoms with Crippen LogP contribution in [0.1, 0.15) is 0 Å². The molecular weight excluding hydrogens is 434 g/mol. The predicted octanol–water partition coefficient (Wildman–Crippen LogP) is 0.173. The zero-order valence-electron chi connectivity index (χ0n) is 13.9. The van der Waals surface area contributed by atoms with Crippen LogP contribution in [-0.2, 0) is 24.8 Å². The van der Waals surface area contributed by atoms with E-state index < -0.39 is 20.0 Å². The molecule has 0 unspecified atom stereocenters. The second-order valence-corrected chi connectivity index (χ2v) is 10.7. The minimum absolute atomic E-state index is 0.170. The highest BCUT2D eigenvalue weighted by Crippen LogP contribution is 2.21. The second kappa shape index (κ2) is 7.70. The summed E-state index contributed by atoms with van der Waals surface area (Å²) in [6.45, 7) is 0.539. The summed E-state index contributed by atoms with van der Waals surface area (Å²) in [6, 6.07) is 6.46. The van der Waals surface area contributed by atoms with Gasteiger partial charge in [0, 0.05) is 37.7 Å². The Bertz CT molecular complexity index is 849. The van der Waals surface area contributed by atoms with Gasteiger partial charge in [-0.15, -0.1) is 0 Å². The Morgan fingerprint density at radius 3 is 2.28 bits per heavy atom. The third kappa shape index (κ3) is 5.00. The first-order valence-corrected chi connectivity index (χ1v) is 11.5. The van der Waals surface area contributed by atoms with Crippen molar-refractivity contribution in [2.75, 3.05) is 46.0 Å². The van der Waals surface area contributed by atoms with Crippen LogP contribution < -0.4 is 0 Å². The molecule has 0 bridgehead atoms. The Balaban J connectivity index is 2.01. The quantitative estimate of drug-likeness (QED) is 0.633. The average Bonchev–Trinajstić information content (AvgIpc) is 2.54. The number of hydrogen-bond donors (Lipinski definition) is 0. The van der Waals surface area contributed by atoms with Crippen LogP contribution in [0.2, 0.25) is 0 Å². The smallest absolute Gasteiger partial charge is 0.243 e. The third-order valence-electron chi connectivity index (χ3n) is 3.95. The zero-order chi connectivity index (χ0) is 18.8. The van der Waals surface area contributed by atoms with Crippen molar-refractivity contribution in [1.29, 1.82) is 0 Å². The standard InChI is InChI=1S/C14H20BrN3O5S2/c1-16(24(2,20)21)11-14(19)17-6-8-18(9-7-17)25(22,23)13-5-3-4-12(15)10-13/h3-5,10H,6-9,11H2,1-2H3. The number of benzene rings is 1. The Morgan fingerprint density at radius 2 is 1.76 bits per heavy atom. The normalized spacial score (nSPS) is 17.0. The van der Waals surface area contributed by atoms with Crippen molar-refractivity contribution in [3.05, 3.63) is 28.7 Å². The second-order valence-electron chi connectivity index (χ2n) is 5.76. The molecule has 1 aliphatic rings. The molecule has 11 heteroatoms. The Hall–Kier alpha value is -1.01. The first kappa shape index (κ1) is 20.3. The molecule has 1 aromatic rings. The number of halogens is 1. The summed E-state index contributed by atoms with van der Waals surface area (Å²) in [4.78, 5) is 13.8. The highest BCUT2D eigenvalue weighted by Gasteiger charge is 2.31. The van der Waals surface area contributed by atoms with Gasteiger partial charge in [-0.25, -0.2) is 16.8 Å². The summed E-state index contributed by atoms with van der Waals surface area (Å²) in [5.41, 5.74) is 0. The first-order chi connectivity index (χ1) is 11.5. The van der Waals surface area contributed by atoms with Gasteiger partial charge in [0.25, 0.3) is 0 Å². The van der Waals surface area contributed by atoms with E-state index in [0.717, 1.165) is 10.6 Å². The lowest BCUT2D eigenvalue weighted by Gasteiger charge is -2.34. The van der Waals surface area contributed by atoms with E-state index in [-0.39, 0.29) is 43.5 Å². The topological polar surface area (TPSA) is 95.1 Å². The molecule has 1 fully saturated rings. The Morgan fingerprint density at radius 1 is 1.16 bits per heavy atom. The number of carbonyl (C=O) groups excluding carboxylic acids is 1. The van der Waals surface area contributed by atoms with Gasteiger partial charge < -0.3 is 4.90 Å². The molecule has 25 heavy (non-hydrogen) atoms. The lowest BCUT2D eigenvalue weighted by Crippen LogP contribution is -2.52. The summed E-state index contributed by atoms with van der Waals surface area (Å²) in [5, 5.41) is 0. The highest BCUT2D eigenvalue weighted by molar-refractivity contribution is 9.10. The fraction of sp³-hybridized carbons (Fsp3) is 0.500. The van der Waals surface area contributed by atoms with E-state index in [1.165, 1.54) is 28.4 Å². The number of rotatable bonds is 5. The van der Waals surface area contributed by atoms with E-state index >= 15 is 0 Å². The van der Waals surface area contributed by atoms with Crippen molar-refractivity contribution in [1.82, 2.24) is 13.5 Å². The maximum Gasteiger partial charge on any atom is 0.243 e. The minimum atomic E-state index is -3.62. The molecule has 1 heterocycles. The molecule has 0 N–H and O–H groups in total. The minimum Gasteiger partial charge on any atom is -0.339 e. The van der Waals surface area contributed by atoms with Crippen molar-refractivity contribution in [2.45, 2.75) is 4.90 Å². The van der Waals surface area contributed by atoms with Crippen LogP contribution >= 0.6 is 15.9 Å². The highest BCUT2D eigenvalue weighted by atomic mass is 79.9. The fourth-order valence-corrected chi connectivity index (χ4v) is 4.73. The molecule has 0 atom stereocenters. The molecule has 1 aromatic carbocycles. The van der Waals surface area contributed by atoms with Gasteiger partial charge in [0.15, 0.2) is 0 Å². The molecule has 8 nitrogen and oxygen atoms in total. The SMILES string of the molecule is CN(CC(=O)N1CCN(S(=O)(=O)c2cccc(Br)c2)CC1)S(C)(=O)=O. The van der Waals surface area contributed by atoms with Crippen molar-refractivity contribution in [2.24, 2.45) is 0 Å². The van der Waals surface area contributed by atoms with Crippen LogP contribution in [0, 0.1) is 0 Å². The maximum absolute atomic E-state index is 12.6. The fourth-order valence-electron chi connectivity index (χ4n) is 2.36. The van der Waals surface area contributed by atoms with E-state index in [9.17, 15) is 21.6 Å². The van der Waals surface area contributed by atoms with Crippen LogP contribution in [-0.4, -0.2) is 82.3 Å². The van der Waals surface area contributed by atoms with Crippen molar-refractivity contribution < 1.29 is 21.6 Å². The molecule has 140 valence electrons. The van der Waals surface area contributed by atoms with Gasteiger partial charge in [0.1, 0.15) is 0 Å². The molecule has 1 saturated heterocycles. The molecule has 0 radical (unpaired) electrons. The van der Waals surface area contributed by atoms with Crippen LogP contribution in [0.5, 0.6) is 0 Å². The van der Waals surface area contributed by atoms with Gasteiger partial charge in [-0.2, -0.15) is 8.61 Å². The predicted molar refractivity (Wildman–Crippen MR) is 97.0 cm³/mol. The number of hydrogen-bond acceptors (Lipinski definition) is 5. The zero-order valence-corrected chi connectivity index (χ0v) is 17.1. The largest absolute Gasteiger partial charge is 0.339 e. The summed E-state index contributed by atoms with van der Waals surface area (Å²) < 4.78 is 51.0. The van der Waals surface area contributed by atoms with E-state index in [1.54, 1.807) is 12.1 Å². The lowest BCUT2D eigenvalue weighted by atomic mass is 10.3. The Labute approximate surface area is 156 Å². The molecule has 0 aromatic heterocycles. The molecule has 0 aliphatic carbocycles. The van der Waals surface area contributed by atoms with Crippen molar-refractivity contribution in [3.63, 3.8) is 0 Å². The molecule has 1 aliphatic heterocycles. The monoisotopic (exact) mass is 453 g/mol. The summed E-state index contributed by atoms with van der Waals surface area (Å²) in [6.07, 6.45) is 1.03. The first-order valence-electron chi connectivity index (χ1n) is 7.46. The number of piperazine rings is 1. The van der Waals surface area contributed by atoms with Crippen LogP contribution in [0.4, 0.5) is 0 Å². The number of sulfonamides is 2. The molecule has 2 rings (SSSR count). The summed E-state index contributed by atoms with van der Waals surface area (Å²) in [5.74, 6) is -0.340. The molecule has 0 saturated carbocycles. The van der Waals surface area contributed by atoms with Crippen molar-refractivity contribution >= 4 is 41.9 Å². The number of nitrogens with zero attached hydrogens (tertiary/aromatic N) is 3. The number of likely N-dealkylation sites (N-methyl/N-ethyl adjacent to an activating group) is 1. The summed E-state index contributed by atoms with van der Waals surface area (Å²) >= 11 is 3.26. The Kier molecular flexibility index (Phi) is 6.26. The van der Waals surface area contributed by atoms with Gasteiger partial charge in [0.2, 0.25) is 26.0 Å². The van der Waals surface area contributed by atoms with Gasteiger partial charge >= 0.3 is 0 Å². The van der Waals surface area contributed by atoms with Crippen LogP contribution in [0.3, 0.4) is 0 Å². The molecule has 0 spiro atoms. The third-order valence-corrected chi connectivity index (χ3v) is 7.60. The number of carbonyl (C=O) groups is 1. The van der Waals surface area contributed by atoms with Gasteiger partial charge in [-0.3, -0.25) is 4.79 Å². The van der Waals surface area contributed by atoms with Gasteiger partial charge in [-0.05, 0) is 18.2 Å². The van der Waals surface area contributed by atoms with Crippen LogP contribution in [0.15, 0.2) is 33.6 Å². The molecule has 1 amide bonds. The van der Waals surface area contributed by atoms with E-state index in [0.29, 0.717) is 4.47 Å². The average molecular weight is 454 g/mol. The van der Waals surface area contributed by atoms with Crippen molar-refractivity contribution in [3.8, 4) is 0 Å². The van der Waals surface area contributed by atoms with E-state index in [4.69, 9.17) is 0 Å². The van der Waals surface area contributed by atoms with E-state index in [1.807, 2.05) is 0 Å². The molecular formula is C14H20BrN3O5S2. The lowest BCUT2D eigenvalue weighted by molar-refractivity contribution is -0.132. The number of amides is 1. The maximum atomic E-state index is 12.6. The van der Waals surface area contributed by atoms with Gasteiger partial charge in [-0.1, -0.05) is 22.0 Å².